The Bertz CT molecular complexity index is 1040. The first-order valence-corrected chi connectivity index (χ1v) is 9.01. The van der Waals surface area contributed by atoms with Gasteiger partial charge in [-0.3, -0.25) is 0 Å². The van der Waals surface area contributed by atoms with Crippen LogP contribution < -0.4 is 4.90 Å². The first-order chi connectivity index (χ1) is 12.6. The topological polar surface area (TPSA) is 64.7 Å². The lowest BCUT2D eigenvalue weighted by Crippen LogP contribution is -2.21. The van der Waals surface area contributed by atoms with Crippen molar-refractivity contribution in [1.29, 1.82) is 0 Å². The summed E-state index contributed by atoms with van der Waals surface area (Å²) in [4.78, 5) is 15.4. The van der Waals surface area contributed by atoms with E-state index in [4.69, 9.17) is 0 Å². The van der Waals surface area contributed by atoms with Gasteiger partial charge in [-0.05, 0) is 21.5 Å². The Morgan fingerprint density at radius 1 is 1.12 bits per heavy atom. The molecule has 26 heavy (non-hydrogen) atoms. The number of rotatable bonds is 5. The van der Waals surface area contributed by atoms with E-state index >= 15 is 0 Å². The molecule has 0 unspecified atom stereocenters. The minimum Gasteiger partial charge on any atom is -0.351 e. The minimum absolute atomic E-state index is 0.632. The second-order valence-electron chi connectivity index (χ2n) is 6.12. The van der Waals surface area contributed by atoms with Gasteiger partial charge in [0, 0.05) is 33.0 Å². The van der Waals surface area contributed by atoms with E-state index in [1.165, 1.54) is 5.56 Å². The van der Waals surface area contributed by atoms with Gasteiger partial charge in [-0.1, -0.05) is 30.3 Å². The first kappa shape index (κ1) is 16.7. The Balaban J connectivity index is 1.62. The van der Waals surface area contributed by atoms with Crippen LogP contribution in [0.4, 0.5) is 5.82 Å². The average molecular weight is 412 g/mol. The van der Waals surface area contributed by atoms with Crippen molar-refractivity contribution < 1.29 is 0 Å². The van der Waals surface area contributed by atoms with E-state index in [1.54, 1.807) is 11.0 Å². The minimum atomic E-state index is 0.632. The summed E-state index contributed by atoms with van der Waals surface area (Å²) in [6.45, 7) is 1.42. The van der Waals surface area contributed by atoms with Crippen LogP contribution in [0.1, 0.15) is 11.4 Å². The zero-order valence-corrected chi connectivity index (χ0v) is 16.1. The monoisotopic (exact) mass is 411 g/mol. The summed E-state index contributed by atoms with van der Waals surface area (Å²) < 4.78 is 4.64. The second kappa shape index (κ2) is 6.87. The average Bonchev–Trinajstić information content (AvgIpc) is 3.20. The molecule has 3 aromatic heterocycles. The van der Waals surface area contributed by atoms with Crippen LogP contribution in [0.15, 0.2) is 53.7 Å². The molecule has 0 bridgehead atoms. The third kappa shape index (κ3) is 3.08. The second-order valence-corrected chi connectivity index (χ2v) is 6.87. The van der Waals surface area contributed by atoms with Gasteiger partial charge in [-0.15, -0.1) is 0 Å². The highest BCUT2D eigenvalue weighted by Gasteiger charge is 2.17. The van der Waals surface area contributed by atoms with Gasteiger partial charge in [0.1, 0.15) is 22.6 Å². The molecule has 4 rings (SSSR count). The number of hydrogen-bond donors (Lipinski definition) is 0. The quantitative estimate of drug-likeness (QED) is 0.504. The maximum atomic E-state index is 4.53. The lowest BCUT2D eigenvalue weighted by molar-refractivity contribution is 0.704. The zero-order valence-electron chi connectivity index (χ0n) is 14.5. The molecule has 1 aromatic carbocycles. The van der Waals surface area contributed by atoms with Crippen molar-refractivity contribution in [2.45, 2.75) is 13.1 Å². The van der Waals surface area contributed by atoms with Crippen molar-refractivity contribution in [3.05, 3.63) is 65.0 Å². The van der Waals surface area contributed by atoms with Gasteiger partial charge in [0.05, 0.1) is 11.9 Å². The third-order valence-electron chi connectivity index (χ3n) is 4.30. The summed E-state index contributed by atoms with van der Waals surface area (Å²) in [7, 11) is 3.87. The molecule has 0 saturated heterocycles. The molecule has 0 amide bonds. The molecule has 0 saturated carbocycles. The molecular formula is C18H18BrN7. The fraction of sp³-hybridized carbons (Fsp3) is 0.222. The van der Waals surface area contributed by atoms with E-state index in [9.17, 15) is 0 Å². The molecule has 4 aromatic rings. The maximum absolute atomic E-state index is 4.53. The Hall–Kier alpha value is -2.74. The summed E-state index contributed by atoms with van der Waals surface area (Å²) in [5.41, 5.74) is 2.04. The number of hydrogen-bond acceptors (Lipinski definition) is 5. The van der Waals surface area contributed by atoms with E-state index in [-0.39, 0.29) is 0 Å². The van der Waals surface area contributed by atoms with Crippen LogP contribution in [0.25, 0.3) is 11.0 Å². The number of fused-ring (bicyclic) bond motifs is 1. The Morgan fingerprint density at radius 3 is 2.73 bits per heavy atom. The van der Waals surface area contributed by atoms with Crippen molar-refractivity contribution in [3.63, 3.8) is 0 Å². The predicted molar refractivity (Wildman–Crippen MR) is 104 cm³/mol. The summed E-state index contributed by atoms with van der Waals surface area (Å²) in [6, 6.07) is 10.4. The molecule has 0 radical (unpaired) electrons. The van der Waals surface area contributed by atoms with Gasteiger partial charge in [0.2, 0.25) is 0 Å². The van der Waals surface area contributed by atoms with Crippen LogP contribution in [0, 0.1) is 0 Å². The highest BCUT2D eigenvalue weighted by atomic mass is 79.9. The van der Waals surface area contributed by atoms with Crippen LogP contribution in [0.5, 0.6) is 0 Å². The zero-order chi connectivity index (χ0) is 18.1. The van der Waals surface area contributed by atoms with Crippen LogP contribution in [-0.4, -0.2) is 36.3 Å². The fourth-order valence-electron chi connectivity index (χ4n) is 3.02. The summed E-state index contributed by atoms with van der Waals surface area (Å²) in [5, 5.41) is 5.29. The molecular weight excluding hydrogens is 394 g/mol. The fourth-order valence-corrected chi connectivity index (χ4v) is 3.61. The van der Waals surface area contributed by atoms with Gasteiger partial charge >= 0.3 is 0 Å². The van der Waals surface area contributed by atoms with Crippen molar-refractivity contribution in [3.8, 4) is 0 Å². The highest BCUT2D eigenvalue weighted by Crippen LogP contribution is 2.29. The molecule has 7 nitrogen and oxygen atoms in total. The highest BCUT2D eigenvalue weighted by molar-refractivity contribution is 9.10. The van der Waals surface area contributed by atoms with Crippen molar-refractivity contribution >= 4 is 32.8 Å². The molecule has 0 atom stereocenters. The van der Waals surface area contributed by atoms with Crippen LogP contribution in [0.2, 0.25) is 0 Å². The Labute approximate surface area is 159 Å². The lowest BCUT2D eigenvalue weighted by Gasteiger charge is -2.19. The van der Waals surface area contributed by atoms with Crippen molar-refractivity contribution in [2.24, 2.45) is 7.05 Å². The van der Waals surface area contributed by atoms with Crippen LogP contribution in [-0.2, 0) is 20.1 Å². The molecule has 0 aliphatic carbocycles. The molecule has 0 N–H and O–H groups in total. The number of anilines is 1. The number of benzene rings is 1. The summed E-state index contributed by atoms with van der Waals surface area (Å²) in [5.74, 6) is 1.80. The van der Waals surface area contributed by atoms with Crippen LogP contribution in [0.3, 0.4) is 0 Å². The van der Waals surface area contributed by atoms with Gasteiger partial charge in [0.15, 0.2) is 5.65 Å². The largest absolute Gasteiger partial charge is 0.351 e. The van der Waals surface area contributed by atoms with Crippen molar-refractivity contribution in [2.75, 3.05) is 11.9 Å². The molecule has 8 heteroatoms. The maximum Gasteiger partial charge on any atom is 0.164 e. The number of aromatic nitrogens is 6. The Kier molecular flexibility index (Phi) is 4.42. The van der Waals surface area contributed by atoms with Gasteiger partial charge in [-0.25, -0.2) is 19.6 Å². The molecule has 0 spiro atoms. The molecule has 132 valence electrons. The standard InChI is InChI=1S/C18H18BrN7/c1-24(17-15-16(19)23-25(2)18(15)22-12-21-17)11-14-20-8-9-26(14)10-13-6-4-3-5-7-13/h3-9,12H,10-11H2,1-2H3. The summed E-state index contributed by atoms with van der Waals surface area (Å²) >= 11 is 3.51. The molecule has 0 aliphatic heterocycles. The molecule has 3 heterocycles. The predicted octanol–water partition coefficient (Wildman–Crippen LogP) is 3.01. The summed E-state index contributed by atoms with van der Waals surface area (Å²) in [6.07, 6.45) is 5.41. The number of halogens is 1. The molecule has 0 aliphatic rings. The van der Waals surface area contributed by atoms with Crippen LogP contribution >= 0.6 is 15.9 Å². The van der Waals surface area contributed by atoms with E-state index in [2.05, 4.69) is 69.7 Å². The van der Waals surface area contributed by atoms with E-state index in [0.29, 0.717) is 6.54 Å². The normalized spacial score (nSPS) is 11.2. The van der Waals surface area contributed by atoms with E-state index in [0.717, 1.165) is 33.8 Å². The van der Waals surface area contributed by atoms with Gasteiger partial charge < -0.3 is 9.47 Å². The van der Waals surface area contributed by atoms with Crippen molar-refractivity contribution in [1.82, 2.24) is 29.3 Å². The number of nitrogens with zero attached hydrogens (tertiary/aromatic N) is 7. The van der Waals surface area contributed by atoms with Gasteiger partial charge in [0.25, 0.3) is 0 Å². The Morgan fingerprint density at radius 2 is 1.92 bits per heavy atom. The third-order valence-corrected chi connectivity index (χ3v) is 4.85. The first-order valence-electron chi connectivity index (χ1n) is 8.22. The van der Waals surface area contributed by atoms with Gasteiger partial charge in [-0.2, -0.15) is 5.10 Å². The van der Waals surface area contributed by atoms with E-state index < -0.39 is 0 Å². The SMILES string of the molecule is CN(Cc1nccn1Cc1ccccc1)c1ncnc2c1c(Br)nn2C. The molecule has 0 fully saturated rings. The number of aryl methyl sites for hydroxylation is 1. The van der Waals surface area contributed by atoms with E-state index in [1.807, 2.05) is 32.6 Å². The lowest BCUT2D eigenvalue weighted by atomic mass is 10.2. The smallest absolute Gasteiger partial charge is 0.164 e. The number of imidazole rings is 1.